The Morgan fingerprint density at radius 1 is 1.04 bits per heavy atom. The van der Waals surface area contributed by atoms with Gasteiger partial charge in [0, 0.05) is 31.7 Å². The topological polar surface area (TPSA) is 74.2 Å². The van der Waals surface area contributed by atoms with Gasteiger partial charge in [0.15, 0.2) is 0 Å². The highest BCUT2D eigenvalue weighted by Gasteiger charge is 2.42. The molecule has 0 radical (unpaired) electrons. The van der Waals surface area contributed by atoms with Gasteiger partial charge in [-0.2, -0.15) is 0 Å². The summed E-state index contributed by atoms with van der Waals surface area (Å²) in [5.41, 5.74) is 0. The van der Waals surface area contributed by atoms with Crippen LogP contribution in [0.5, 0.6) is 0 Å². The average molecular weight is 311 g/mol. The lowest BCUT2D eigenvalue weighted by Gasteiger charge is -2.35. The molecular weight excluding hydrogens is 290 g/mol. The zero-order chi connectivity index (χ0) is 15.6. The number of hydrogen-bond donors (Lipinski definition) is 2. The van der Waals surface area contributed by atoms with Crippen LogP contribution in [0.25, 0.3) is 0 Å². The van der Waals surface area contributed by atoms with E-state index in [1.807, 2.05) is 18.3 Å². The van der Waals surface area contributed by atoms with Gasteiger partial charge in [0.25, 0.3) is 0 Å². The van der Waals surface area contributed by atoms with Crippen molar-refractivity contribution in [1.29, 1.82) is 0 Å². The Morgan fingerprint density at radius 2 is 1.91 bits per heavy atom. The Labute approximate surface area is 135 Å². The fourth-order valence-electron chi connectivity index (χ4n) is 3.88. The molecule has 2 N–H and O–H groups in total. The highest BCUT2D eigenvalue weighted by atomic mass is 16.3. The first-order valence-corrected chi connectivity index (χ1v) is 8.16. The van der Waals surface area contributed by atoms with E-state index in [0.717, 1.165) is 37.6 Å². The largest absolute Gasteiger partial charge is 0.391 e. The van der Waals surface area contributed by atoms with E-state index < -0.39 is 0 Å². The van der Waals surface area contributed by atoms with Crippen LogP contribution >= 0.6 is 0 Å². The highest BCUT2D eigenvalue weighted by Crippen LogP contribution is 2.38. The van der Waals surface area contributed by atoms with E-state index in [2.05, 4.69) is 31.2 Å². The maximum Gasteiger partial charge on any atom is 0.144 e. The normalized spacial score (nSPS) is 30.0. The third-order valence-corrected chi connectivity index (χ3v) is 5.01. The monoisotopic (exact) mass is 311 g/mol. The molecule has 0 aromatic carbocycles. The van der Waals surface area contributed by atoms with Crippen molar-refractivity contribution in [2.75, 3.05) is 23.3 Å². The highest BCUT2D eigenvalue weighted by molar-refractivity contribution is 5.40. The maximum absolute atomic E-state index is 10.5. The summed E-state index contributed by atoms with van der Waals surface area (Å²) in [6.07, 6.45) is 8.29. The Balaban J connectivity index is 1.44. The van der Waals surface area contributed by atoms with Gasteiger partial charge in [-0.05, 0) is 36.8 Å². The van der Waals surface area contributed by atoms with Crippen molar-refractivity contribution in [2.24, 2.45) is 11.8 Å². The fraction of sp³-hybridized carbons (Fsp3) is 0.471. The summed E-state index contributed by atoms with van der Waals surface area (Å²) in [6, 6.07) is 6.06. The number of aliphatic hydroxyl groups is 1. The van der Waals surface area contributed by atoms with E-state index in [4.69, 9.17) is 0 Å². The van der Waals surface area contributed by atoms with Crippen LogP contribution in [0.15, 0.2) is 43.0 Å². The second-order valence-corrected chi connectivity index (χ2v) is 6.49. The van der Waals surface area contributed by atoms with Gasteiger partial charge in [-0.1, -0.05) is 6.07 Å². The molecule has 2 fully saturated rings. The van der Waals surface area contributed by atoms with Gasteiger partial charge in [0.05, 0.1) is 18.3 Å². The van der Waals surface area contributed by atoms with Gasteiger partial charge in [0.1, 0.15) is 11.6 Å². The molecule has 0 unspecified atom stereocenters. The zero-order valence-electron chi connectivity index (χ0n) is 12.9. The molecule has 2 aromatic rings. The predicted molar refractivity (Wildman–Crippen MR) is 88.1 cm³/mol. The van der Waals surface area contributed by atoms with Crippen molar-refractivity contribution < 1.29 is 5.11 Å². The van der Waals surface area contributed by atoms with Crippen molar-refractivity contribution in [1.82, 2.24) is 15.0 Å². The van der Waals surface area contributed by atoms with E-state index >= 15 is 0 Å². The van der Waals surface area contributed by atoms with Gasteiger partial charge in [-0.15, -0.1) is 0 Å². The van der Waals surface area contributed by atoms with Crippen molar-refractivity contribution in [3.05, 3.63) is 43.0 Å². The molecule has 6 nitrogen and oxygen atoms in total. The Kier molecular flexibility index (Phi) is 3.83. The number of aliphatic hydroxyl groups excluding tert-OH is 1. The molecule has 2 aromatic heterocycles. The van der Waals surface area contributed by atoms with Crippen molar-refractivity contribution in [3.8, 4) is 0 Å². The lowest BCUT2D eigenvalue weighted by Crippen LogP contribution is -2.43. The molecule has 2 aliphatic rings. The molecule has 0 spiro atoms. The van der Waals surface area contributed by atoms with Crippen LogP contribution in [0.4, 0.5) is 11.6 Å². The number of nitrogens with one attached hydrogen (secondary N) is 1. The molecule has 1 saturated carbocycles. The fourth-order valence-corrected chi connectivity index (χ4v) is 3.88. The van der Waals surface area contributed by atoms with Crippen LogP contribution in [0, 0.1) is 11.8 Å². The summed E-state index contributed by atoms with van der Waals surface area (Å²) in [4.78, 5) is 15.1. The summed E-state index contributed by atoms with van der Waals surface area (Å²) >= 11 is 0. The summed E-state index contributed by atoms with van der Waals surface area (Å²) in [7, 11) is 0. The Morgan fingerprint density at radius 3 is 2.65 bits per heavy atom. The Hall–Kier alpha value is -2.21. The van der Waals surface area contributed by atoms with Crippen LogP contribution in [0.3, 0.4) is 0 Å². The average Bonchev–Trinajstić information content (AvgIpc) is 3.00. The standard InChI is InChI=1S/C17H21N5O/c23-15-8-13-11-22(17-3-1-2-4-20-17)10-12(13)7-14(15)21-16-9-18-5-6-19-16/h1-6,9,12-15,23H,7-8,10-11H2,(H,19,21)/t12-,13+,14-,15-/m1/s1. The van der Waals surface area contributed by atoms with Crippen molar-refractivity contribution in [3.63, 3.8) is 0 Å². The zero-order valence-corrected chi connectivity index (χ0v) is 12.9. The summed E-state index contributed by atoms with van der Waals surface area (Å²) in [6.45, 7) is 1.99. The van der Waals surface area contributed by atoms with E-state index in [9.17, 15) is 5.11 Å². The second kappa shape index (κ2) is 6.12. The Bertz CT molecular complexity index is 638. The number of rotatable bonds is 3. The first kappa shape index (κ1) is 14.4. The van der Waals surface area contributed by atoms with E-state index in [1.54, 1.807) is 18.6 Å². The lowest BCUT2D eigenvalue weighted by molar-refractivity contribution is 0.0737. The SMILES string of the molecule is O[C@@H]1C[C@H]2CN(c3ccccn3)C[C@H]2C[C@H]1Nc1cnccn1. The third kappa shape index (κ3) is 2.99. The minimum Gasteiger partial charge on any atom is -0.391 e. The van der Waals surface area contributed by atoms with Gasteiger partial charge in [0.2, 0.25) is 0 Å². The van der Waals surface area contributed by atoms with Gasteiger partial charge in [-0.3, -0.25) is 4.98 Å². The molecule has 23 heavy (non-hydrogen) atoms. The van der Waals surface area contributed by atoms with Crippen LogP contribution in [-0.4, -0.2) is 45.3 Å². The summed E-state index contributed by atoms with van der Waals surface area (Å²) < 4.78 is 0. The van der Waals surface area contributed by atoms with Crippen LogP contribution < -0.4 is 10.2 Å². The second-order valence-electron chi connectivity index (χ2n) is 6.49. The molecule has 4 atom stereocenters. The molecular formula is C17H21N5O. The first-order valence-electron chi connectivity index (χ1n) is 8.16. The lowest BCUT2D eigenvalue weighted by atomic mass is 9.77. The first-order chi connectivity index (χ1) is 11.3. The number of hydrogen-bond acceptors (Lipinski definition) is 6. The molecule has 0 amide bonds. The predicted octanol–water partition coefficient (Wildman–Crippen LogP) is 1.56. The number of pyridine rings is 1. The molecule has 120 valence electrons. The summed E-state index contributed by atoms with van der Waals surface area (Å²) in [5.74, 6) is 2.88. The third-order valence-electron chi connectivity index (χ3n) is 5.01. The molecule has 4 rings (SSSR count). The smallest absolute Gasteiger partial charge is 0.144 e. The molecule has 1 saturated heterocycles. The van der Waals surface area contributed by atoms with E-state index in [1.165, 1.54) is 0 Å². The van der Waals surface area contributed by atoms with Gasteiger partial charge in [-0.25, -0.2) is 9.97 Å². The van der Waals surface area contributed by atoms with Crippen molar-refractivity contribution in [2.45, 2.75) is 25.0 Å². The minimum atomic E-state index is -0.345. The summed E-state index contributed by atoms with van der Waals surface area (Å²) in [5, 5.41) is 13.8. The molecule has 6 heteroatoms. The maximum atomic E-state index is 10.5. The van der Waals surface area contributed by atoms with Crippen LogP contribution in [0.2, 0.25) is 0 Å². The van der Waals surface area contributed by atoms with Gasteiger partial charge >= 0.3 is 0 Å². The van der Waals surface area contributed by atoms with E-state index in [-0.39, 0.29) is 12.1 Å². The van der Waals surface area contributed by atoms with E-state index in [0.29, 0.717) is 11.8 Å². The number of aromatic nitrogens is 3. The van der Waals surface area contributed by atoms with Crippen molar-refractivity contribution >= 4 is 11.6 Å². The number of fused-ring (bicyclic) bond motifs is 1. The van der Waals surface area contributed by atoms with Crippen LogP contribution in [-0.2, 0) is 0 Å². The molecule has 3 heterocycles. The number of anilines is 2. The van der Waals surface area contributed by atoms with Crippen LogP contribution in [0.1, 0.15) is 12.8 Å². The number of nitrogens with zero attached hydrogens (tertiary/aromatic N) is 4. The van der Waals surface area contributed by atoms with Gasteiger partial charge < -0.3 is 15.3 Å². The quantitative estimate of drug-likeness (QED) is 0.896. The minimum absolute atomic E-state index is 0.0385. The molecule has 0 bridgehead atoms. The molecule has 1 aliphatic heterocycles. The molecule has 1 aliphatic carbocycles.